The molecule has 2 rings (SSSR count). The van der Waals surface area contributed by atoms with E-state index in [-0.39, 0.29) is 11.5 Å². The summed E-state index contributed by atoms with van der Waals surface area (Å²) in [4.78, 5) is 0. The maximum absolute atomic E-state index is 6.10. The van der Waals surface area contributed by atoms with Crippen LogP contribution in [0.1, 0.15) is 57.8 Å². The zero-order valence-electron chi connectivity index (χ0n) is 12.8. The molecule has 0 saturated carbocycles. The molecule has 0 radical (unpaired) electrons. The van der Waals surface area contributed by atoms with Gasteiger partial charge in [0.2, 0.25) is 0 Å². The van der Waals surface area contributed by atoms with Gasteiger partial charge in [-0.25, -0.2) is 4.68 Å². The quantitative estimate of drug-likeness (QED) is 0.928. The SMILES string of the molecule is CCCC(N)c1cn(-c2ccccc2C(C)(C)C)nn1. The highest BCUT2D eigenvalue weighted by atomic mass is 15.4. The minimum absolute atomic E-state index is 0.0319. The molecule has 2 N–H and O–H groups in total. The van der Waals surface area contributed by atoms with E-state index >= 15 is 0 Å². The van der Waals surface area contributed by atoms with E-state index in [9.17, 15) is 0 Å². The van der Waals surface area contributed by atoms with Gasteiger partial charge in [0.1, 0.15) is 0 Å². The van der Waals surface area contributed by atoms with E-state index in [2.05, 4.69) is 56.2 Å². The molecular weight excluding hydrogens is 248 g/mol. The van der Waals surface area contributed by atoms with E-state index in [1.54, 1.807) is 0 Å². The lowest BCUT2D eigenvalue weighted by molar-refractivity contribution is 0.582. The van der Waals surface area contributed by atoms with Gasteiger partial charge in [-0.15, -0.1) is 5.10 Å². The van der Waals surface area contributed by atoms with Crippen LogP contribution in [0.4, 0.5) is 0 Å². The molecule has 20 heavy (non-hydrogen) atoms. The molecule has 0 fully saturated rings. The van der Waals surface area contributed by atoms with Crippen LogP contribution in [0.5, 0.6) is 0 Å². The molecule has 4 heteroatoms. The summed E-state index contributed by atoms with van der Waals surface area (Å²) in [5, 5.41) is 8.47. The van der Waals surface area contributed by atoms with Crippen molar-refractivity contribution in [1.29, 1.82) is 0 Å². The fourth-order valence-electron chi connectivity index (χ4n) is 2.33. The summed E-state index contributed by atoms with van der Waals surface area (Å²) in [7, 11) is 0. The first kappa shape index (κ1) is 14.7. The zero-order chi connectivity index (χ0) is 14.8. The fourth-order valence-corrected chi connectivity index (χ4v) is 2.33. The zero-order valence-corrected chi connectivity index (χ0v) is 12.8. The first-order chi connectivity index (χ1) is 9.43. The summed E-state index contributed by atoms with van der Waals surface area (Å²) in [5.41, 5.74) is 9.35. The van der Waals surface area contributed by atoms with Crippen molar-refractivity contribution in [2.45, 2.75) is 52.0 Å². The number of nitrogens with zero attached hydrogens (tertiary/aromatic N) is 3. The molecule has 0 spiro atoms. The second kappa shape index (κ2) is 5.75. The Morgan fingerprint density at radius 3 is 2.60 bits per heavy atom. The summed E-state index contributed by atoms with van der Waals surface area (Å²) in [6.07, 6.45) is 3.93. The Balaban J connectivity index is 2.38. The number of para-hydroxylation sites is 1. The van der Waals surface area contributed by atoms with Crippen LogP contribution >= 0.6 is 0 Å². The highest BCUT2D eigenvalue weighted by Crippen LogP contribution is 2.28. The molecule has 0 aliphatic carbocycles. The molecule has 4 nitrogen and oxygen atoms in total. The summed E-state index contributed by atoms with van der Waals surface area (Å²) in [6.45, 7) is 8.73. The molecule has 1 atom stereocenters. The first-order valence-electron chi connectivity index (χ1n) is 7.21. The maximum Gasteiger partial charge on any atom is 0.0998 e. The number of nitrogens with two attached hydrogens (primary N) is 1. The van der Waals surface area contributed by atoms with E-state index in [1.165, 1.54) is 5.56 Å². The Morgan fingerprint density at radius 2 is 1.95 bits per heavy atom. The summed E-state index contributed by atoms with van der Waals surface area (Å²) >= 11 is 0. The predicted octanol–water partition coefficient (Wildman–Crippen LogP) is 3.36. The van der Waals surface area contributed by atoms with Crippen LogP contribution in [0.25, 0.3) is 5.69 Å². The predicted molar refractivity (Wildman–Crippen MR) is 81.9 cm³/mol. The lowest BCUT2D eigenvalue weighted by Crippen LogP contribution is -2.15. The van der Waals surface area contributed by atoms with Crippen molar-refractivity contribution < 1.29 is 0 Å². The molecule has 0 aliphatic heterocycles. The average Bonchev–Trinajstić information content (AvgIpc) is 2.87. The lowest BCUT2D eigenvalue weighted by Gasteiger charge is -2.22. The van der Waals surface area contributed by atoms with Crippen molar-refractivity contribution in [3.8, 4) is 5.69 Å². The largest absolute Gasteiger partial charge is 0.323 e. The minimum Gasteiger partial charge on any atom is -0.323 e. The second-order valence-electron chi connectivity index (χ2n) is 6.25. The molecule has 108 valence electrons. The Morgan fingerprint density at radius 1 is 1.25 bits per heavy atom. The van der Waals surface area contributed by atoms with Gasteiger partial charge in [0.25, 0.3) is 0 Å². The topological polar surface area (TPSA) is 56.7 Å². The van der Waals surface area contributed by atoms with E-state index in [0.717, 1.165) is 24.2 Å². The third-order valence-electron chi connectivity index (χ3n) is 3.45. The van der Waals surface area contributed by atoms with Gasteiger partial charge in [-0.1, -0.05) is 57.5 Å². The van der Waals surface area contributed by atoms with Crippen molar-refractivity contribution in [3.05, 3.63) is 41.7 Å². The Kier molecular flexibility index (Phi) is 4.23. The van der Waals surface area contributed by atoms with Gasteiger partial charge in [0, 0.05) is 0 Å². The summed E-state index contributed by atoms with van der Waals surface area (Å²) in [6, 6.07) is 8.27. The van der Waals surface area contributed by atoms with E-state index in [1.807, 2.05) is 16.9 Å². The Hall–Kier alpha value is -1.68. The smallest absolute Gasteiger partial charge is 0.0998 e. The highest BCUT2D eigenvalue weighted by molar-refractivity contribution is 5.44. The maximum atomic E-state index is 6.10. The molecule has 1 aromatic carbocycles. The lowest BCUT2D eigenvalue weighted by atomic mass is 9.86. The second-order valence-corrected chi connectivity index (χ2v) is 6.25. The van der Waals surface area contributed by atoms with E-state index in [4.69, 9.17) is 5.73 Å². The van der Waals surface area contributed by atoms with E-state index in [0.29, 0.717) is 0 Å². The first-order valence-corrected chi connectivity index (χ1v) is 7.21. The van der Waals surface area contributed by atoms with Crippen LogP contribution in [0, 0.1) is 0 Å². The number of hydrogen-bond donors (Lipinski definition) is 1. The number of aromatic nitrogens is 3. The summed E-state index contributed by atoms with van der Waals surface area (Å²) < 4.78 is 1.84. The number of hydrogen-bond acceptors (Lipinski definition) is 3. The van der Waals surface area contributed by atoms with Crippen molar-refractivity contribution in [3.63, 3.8) is 0 Å². The third kappa shape index (κ3) is 3.07. The van der Waals surface area contributed by atoms with Crippen molar-refractivity contribution in [1.82, 2.24) is 15.0 Å². The van der Waals surface area contributed by atoms with Crippen LogP contribution < -0.4 is 5.73 Å². The molecule has 2 aromatic rings. The number of rotatable bonds is 4. The average molecular weight is 272 g/mol. The molecular formula is C16H24N4. The molecule has 1 aromatic heterocycles. The molecule has 0 saturated heterocycles. The number of benzene rings is 1. The Bertz CT molecular complexity index is 566. The van der Waals surface area contributed by atoms with Gasteiger partial charge >= 0.3 is 0 Å². The molecule has 1 unspecified atom stereocenters. The van der Waals surface area contributed by atoms with Gasteiger partial charge in [0.15, 0.2) is 0 Å². The summed E-state index contributed by atoms with van der Waals surface area (Å²) in [5.74, 6) is 0. The third-order valence-corrected chi connectivity index (χ3v) is 3.45. The van der Waals surface area contributed by atoms with Crippen LogP contribution in [0.15, 0.2) is 30.5 Å². The molecule has 0 aliphatic rings. The Labute approximate surface area is 121 Å². The minimum atomic E-state index is -0.0319. The standard InChI is InChI=1S/C16H24N4/c1-5-8-13(17)14-11-20(19-18-14)15-10-7-6-9-12(15)16(2,3)4/h6-7,9-11,13H,5,8,17H2,1-4H3. The monoisotopic (exact) mass is 272 g/mol. The van der Waals surface area contributed by atoms with Crippen molar-refractivity contribution in [2.24, 2.45) is 5.73 Å². The van der Waals surface area contributed by atoms with Crippen LogP contribution in [-0.2, 0) is 5.41 Å². The molecule has 0 bridgehead atoms. The van der Waals surface area contributed by atoms with Crippen molar-refractivity contribution in [2.75, 3.05) is 0 Å². The van der Waals surface area contributed by atoms with Gasteiger partial charge < -0.3 is 5.73 Å². The van der Waals surface area contributed by atoms with Crippen LogP contribution in [0.2, 0.25) is 0 Å². The molecule has 0 amide bonds. The van der Waals surface area contributed by atoms with E-state index < -0.39 is 0 Å². The van der Waals surface area contributed by atoms with Gasteiger partial charge in [-0.2, -0.15) is 0 Å². The van der Waals surface area contributed by atoms with Gasteiger partial charge in [-0.3, -0.25) is 0 Å². The van der Waals surface area contributed by atoms with Crippen LogP contribution in [0.3, 0.4) is 0 Å². The van der Waals surface area contributed by atoms with Gasteiger partial charge in [0.05, 0.1) is 23.6 Å². The highest BCUT2D eigenvalue weighted by Gasteiger charge is 2.19. The molecule has 1 heterocycles. The van der Waals surface area contributed by atoms with Crippen LogP contribution in [-0.4, -0.2) is 15.0 Å². The van der Waals surface area contributed by atoms with Gasteiger partial charge in [-0.05, 0) is 23.5 Å². The fraction of sp³-hybridized carbons (Fsp3) is 0.500. The normalized spacial score (nSPS) is 13.4. The van der Waals surface area contributed by atoms with Crippen molar-refractivity contribution >= 4 is 0 Å².